The zero-order chi connectivity index (χ0) is 27.1. The van der Waals surface area contributed by atoms with Crippen LogP contribution in [0.1, 0.15) is 62.3 Å². The largest absolute Gasteiger partial charge is 0.448 e. The number of hydrogen-bond donors (Lipinski definition) is 3. The summed E-state index contributed by atoms with van der Waals surface area (Å²) in [7, 11) is 0. The van der Waals surface area contributed by atoms with Crippen molar-refractivity contribution in [1.29, 1.82) is 0 Å². The molecule has 1 aromatic rings. The molecule has 5 amide bonds. The summed E-state index contributed by atoms with van der Waals surface area (Å²) in [6.45, 7) is 9.73. The number of alkyl carbamates (subject to hydrolysis) is 3. The number of fused-ring (bicyclic) bond motifs is 1. The van der Waals surface area contributed by atoms with Gasteiger partial charge >= 0.3 is 18.3 Å². The number of carbonyl (C=O) groups excluding carboxylic acids is 5. The van der Waals surface area contributed by atoms with Crippen molar-refractivity contribution in [2.45, 2.75) is 58.8 Å². The Morgan fingerprint density at radius 1 is 0.833 bits per heavy atom. The minimum Gasteiger partial charge on any atom is -0.448 e. The van der Waals surface area contributed by atoms with Crippen molar-refractivity contribution in [1.82, 2.24) is 20.9 Å². The number of nitrogens with zero attached hydrogens (tertiary/aromatic N) is 1. The van der Waals surface area contributed by atoms with E-state index in [-0.39, 0.29) is 37.4 Å². The van der Waals surface area contributed by atoms with Crippen molar-refractivity contribution in [2.75, 3.05) is 26.2 Å². The van der Waals surface area contributed by atoms with Gasteiger partial charge < -0.3 is 30.2 Å². The molecule has 1 heterocycles. The van der Waals surface area contributed by atoms with Crippen LogP contribution in [0.5, 0.6) is 0 Å². The lowest BCUT2D eigenvalue weighted by molar-refractivity contribution is 0.0508. The Morgan fingerprint density at radius 3 is 1.83 bits per heavy atom. The van der Waals surface area contributed by atoms with Gasteiger partial charge in [0.15, 0.2) is 0 Å². The number of rotatable bonds is 8. The third-order valence-electron chi connectivity index (χ3n) is 4.50. The SMILES string of the molecule is CC(C)(C)OC(=O)NCCOC(=O)N[C@@H](CNC(=O)OC(C)(C)C)CN1C(=O)c2ccccc2C1=O. The normalized spacial score (nSPS) is 14.0. The Hall–Kier alpha value is -3.83. The van der Waals surface area contributed by atoms with Gasteiger partial charge in [0.1, 0.15) is 17.8 Å². The fourth-order valence-corrected chi connectivity index (χ4v) is 3.13. The second-order valence-corrected chi connectivity index (χ2v) is 10.1. The van der Waals surface area contributed by atoms with E-state index in [0.717, 1.165) is 4.90 Å². The molecule has 198 valence electrons. The molecule has 0 radical (unpaired) electrons. The Morgan fingerprint density at radius 2 is 1.33 bits per heavy atom. The summed E-state index contributed by atoms with van der Waals surface area (Å²) in [5.74, 6) is -1.01. The van der Waals surface area contributed by atoms with Gasteiger partial charge in [-0.15, -0.1) is 0 Å². The Bertz CT molecular complexity index is 962. The van der Waals surface area contributed by atoms with Crippen LogP contribution in [0.15, 0.2) is 24.3 Å². The third-order valence-corrected chi connectivity index (χ3v) is 4.50. The van der Waals surface area contributed by atoms with Gasteiger partial charge in [0.05, 0.1) is 30.3 Å². The first-order chi connectivity index (χ1) is 16.7. The first-order valence-corrected chi connectivity index (χ1v) is 11.5. The highest BCUT2D eigenvalue weighted by atomic mass is 16.6. The van der Waals surface area contributed by atoms with Crippen molar-refractivity contribution in [3.05, 3.63) is 35.4 Å². The van der Waals surface area contributed by atoms with Crippen LogP contribution >= 0.6 is 0 Å². The summed E-state index contributed by atoms with van der Waals surface area (Å²) >= 11 is 0. The number of amides is 5. The molecule has 0 fully saturated rings. The molecule has 1 aliphatic heterocycles. The maximum absolute atomic E-state index is 12.7. The predicted octanol–water partition coefficient (Wildman–Crippen LogP) is 2.43. The summed E-state index contributed by atoms with van der Waals surface area (Å²) in [5, 5.41) is 7.51. The molecule has 1 atom stereocenters. The summed E-state index contributed by atoms with van der Waals surface area (Å²) in [4.78, 5) is 62.5. The van der Waals surface area contributed by atoms with Crippen LogP contribution in [-0.4, -0.2) is 78.5 Å². The summed E-state index contributed by atoms with van der Waals surface area (Å²) in [5.41, 5.74) is -0.884. The molecule has 36 heavy (non-hydrogen) atoms. The topological polar surface area (TPSA) is 152 Å². The van der Waals surface area contributed by atoms with Crippen LogP contribution < -0.4 is 16.0 Å². The molecule has 0 aromatic heterocycles. The average Bonchev–Trinajstić information content (AvgIpc) is 2.98. The second-order valence-electron chi connectivity index (χ2n) is 10.1. The van der Waals surface area contributed by atoms with E-state index < -0.39 is 47.3 Å². The number of nitrogens with one attached hydrogen (secondary N) is 3. The van der Waals surface area contributed by atoms with Crippen molar-refractivity contribution in [2.24, 2.45) is 0 Å². The quantitative estimate of drug-likeness (QED) is 0.276. The van der Waals surface area contributed by atoms with Gasteiger partial charge in [-0.25, -0.2) is 14.4 Å². The van der Waals surface area contributed by atoms with Crippen LogP contribution in [0.2, 0.25) is 0 Å². The molecule has 1 aliphatic rings. The molecule has 0 spiro atoms. The standard InChI is InChI=1S/C24H34N4O8/c1-23(2,3)35-20(31)25-11-12-34-22(33)27-15(13-26-21(32)36-24(4,5)6)14-28-18(29)16-9-7-8-10-17(16)19(28)30/h7-10,15H,11-14H2,1-6H3,(H,25,31)(H,26,32)(H,27,33)/t15-/m0/s1. The number of benzene rings is 1. The van der Waals surface area contributed by atoms with Crippen molar-refractivity contribution >= 4 is 30.1 Å². The summed E-state index contributed by atoms with van der Waals surface area (Å²) < 4.78 is 15.4. The maximum atomic E-state index is 12.7. The minimum atomic E-state index is -0.883. The molecule has 2 rings (SSSR count). The van der Waals surface area contributed by atoms with Crippen molar-refractivity contribution in [3.63, 3.8) is 0 Å². The molecule has 12 nitrogen and oxygen atoms in total. The minimum absolute atomic E-state index is 0.00155. The van der Waals surface area contributed by atoms with Crippen LogP contribution in [0, 0.1) is 0 Å². The lowest BCUT2D eigenvalue weighted by atomic mass is 10.1. The van der Waals surface area contributed by atoms with E-state index in [1.807, 2.05) is 0 Å². The molecule has 12 heteroatoms. The lowest BCUT2D eigenvalue weighted by Gasteiger charge is -2.25. The Labute approximate surface area is 210 Å². The summed E-state index contributed by atoms with van der Waals surface area (Å²) in [6, 6.07) is 5.50. The van der Waals surface area contributed by atoms with E-state index in [0.29, 0.717) is 0 Å². The number of ether oxygens (including phenoxy) is 3. The fourth-order valence-electron chi connectivity index (χ4n) is 3.13. The third kappa shape index (κ3) is 9.08. The van der Waals surface area contributed by atoms with E-state index in [1.165, 1.54) is 0 Å². The van der Waals surface area contributed by atoms with Crippen molar-refractivity contribution in [3.8, 4) is 0 Å². The van der Waals surface area contributed by atoms with Gasteiger partial charge in [-0.05, 0) is 53.7 Å². The van der Waals surface area contributed by atoms with Crippen LogP contribution in [0.25, 0.3) is 0 Å². The van der Waals surface area contributed by atoms with Gasteiger partial charge in [-0.3, -0.25) is 14.5 Å². The average molecular weight is 507 g/mol. The molecule has 0 aliphatic carbocycles. The zero-order valence-corrected chi connectivity index (χ0v) is 21.4. The van der Waals surface area contributed by atoms with Crippen LogP contribution in [0.4, 0.5) is 14.4 Å². The van der Waals surface area contributed by atoms with Crippen LogP contribution in [0.3, 0.4) is 0 Å². The molecule has 0 bridgehead atoms. The molecule has 0 saturated carbocycles. The lowest BCUT2D eigenvalue weighted by Crippen LogP contribution is -2.52. The highest BCUT2D eigenvalue weighted by molar-refractivity contribution is 6.21. The van der Waals surface area contributed by atoms with E-state index in [9.17, 15) is 24.0 Å². The maximum Gasteiger partial charge on any atom is 0.407 e. The van der Waals surface area contributed by atoms with Crippen molar-refractivity contribution < 1.29 is 38.2 Å². The number of imide groups is 1. The molecule has 1 aromatic carbocycles. The molecular weight excluding hydrogens is 472 g/mol. The van der Waals surface area contributed by atoms with Gasteiger partial charge in [0.25, 0.3) is 11.8 Å². The smallest absolute Gasteiger partial charge is 0.407 e. The molecular formula is C24H34N4O8. The first kappa shape index (κ1) is 28.4. The van der Waals surface area contributed by atoms with E-state index in [2.05, 4.69) is 16.0 Å². The Kier molecular flexibility index (Phi) is 9.26. The Balaban J connectivity index is 1.96. The second kappa shape index (κ2) is 11.7. The molecule has 3 N–H and O–H groups in total. The van der Waals surface area contributed by atoms with E-state index in [1.54, 1.807) is 65.8 Å². The van der Waals surface area contributed by atoms with E-state index in [4.69, 9.17) is 14.2 Å². The fraction of sp³-hybridized carbons (Fsp3) is 0.542. The van der Waals surface area contributed by atoms with Gasteiger partial charge in [-0.1, -0.05) is 12.1 Å². The molecule has 0 unspecified atom stereocenters. The monoisotopic (exact) mass is 506 g/mol. The number of hydrogen-bond acceptors (Lipinski definition) is 8. The predicted molar refractivity (Wildman–Crippen MR) is 129 cm³/mol. The van der Waals surface area contributed by atoms with E-state index >= 15 is 0 Å². The van der Waals surface area contributed by atoms with Gasteiger partial charge in [-0.2, -0.15) is 0 Å². The van der Waals surface area contributed by atoms with Gasteiger partial charge in [0.2, 0.25) is 0 Å². The zero-order valence-electron chi connectivity index (χ0n) is 21.4. The van der Waals surface area contributed by atoms with Crippen LogP contribution in [-0.2, 0) is 14.2 Å². The summed E-state index contributed by atoms with van der Waals surface area (Å²) in [6.07, 6.45) is -2.25. The van der Waals surface area contributed by atoms with Gasteiger partial charge in [0, 0.05) is 6.54 Å². The number of carbonyl (C=O) groups is 5. The molecule has 0 saturated heterocycles. The first-order valence-electron chi connectivity index (χ1n) is 11.5. The highest BCUT2D eigenvalue weighted by Crippen LogP contribution is 2.22. The highest BCUT2D eigenvalue weighted by Gasteiger charge is 2.37.